The lowest BCUT2D eigenvalue weighted by Crippen LogP contribution is -1.87. The maximum Gasteiger partial charge on any atom is 0.122 e. The van der Waals surface area contributed by atoms with Crippen molar-refractivity contribution in [2.75, 3.05) is 0 Å². The first-order valence-corrected chi connectivity index (χ1v) is 6.62. The minimum Gasteiger partial charge on any atom is -0.507 e. The van der Waals surface area contributed by atoms with Crippen LogP contribution >= 0.6 is 11.8 Å². The summed E-state index contributed by atoms with van der Waals surface area (Å²) in [5, 5.41) is 9.99. The van der Waals surface area contributed by atoms with Crippen LogP contribution in [0.15, 0.2) is 47.4 Å². The van der Waals surface area contributed by atoms with E-state index in [0.717, 1.165) is 16.9 Å². The molecule has 1 nitrogen and oxygen atoms in total. The van der Waals surface area contributed by atoms with Gasteiger partial charge in [0.25, 0.3) is 0 Å². The van der Waals surface area contributed by atoms with Gasteiger partial charge in [-0.1, -0.05) is 35.9 Å². The fourth-order valence-corrected chi connectivity index (χ4v) is 2.73. The van der Waals surface area contributed by atoms with Crippen molar-refractivity contribution >= 4 is 11.8 Å². The number of thioether (sulfide) groups is 1. The number of benzene rings is 2. The van der Waals surface area contributed by atoms with Crippen molar-refractivity contribution in [2.45, 2.75) is 24.5 Å². The second-order valence-electron chi connectivity index (χ2n) is 4.19. The van der Waals surface area contributed by atoms with Gasteiger partial charge < -0.3 is 5.11 Å². The molecule has 2 aromatic carbocycles. The van der Waals surface area contributed by atoms with E-state index in [1.165, 1.54) is 10.5 Å². The van der Waals surface area contributed by atoms with Crippen LogP contribution in [0.2, 0.25) is 0 Å². The van der Waals surface area contributed by atoms with Crippen molar-refractivity contribution in [2.24, 2.45) is 0 Å². The molecule has 2 aromatic rings. The fourth-order valence-electron chi connectivity index (χ4n) is 1.84. The molecule has 0 unspecified atom stereocenters. The Hall–Kier alpha value is -1.41. The molecular weight excluding hydrogens is 228 g/mol. The SMILES string of the molecule is Cc1cc(C)c(O)c(CSc2ccccc2)c1. The molecular formula is C15H16OS. The molecule has 0 aromatic heterocycles. The van der Waals surface area contributed by atoms with Crippen LogP contribution in [-0.4, -0.2) is 5.11 Å². The highest BCUT2D eigenvalue weighted by Crippen LogP contribution is 2.30. The van der Waals surface area contributed by atoms with Crippen LogP contribution in [0.5, 0.6) is 5.75 Å². The van der Waals surface area contributed by atoms with Crippen molar-refractivity contribution in [3.63, 3.8) is 0 Å². The summed E-state index contributed by atoms with van der Waals surface area (Å²) in [5.74, 6) is 1.23. The molecule has 88 valence electrons. The summed E-state index contributed by atoms with van der Waals surface area (Å²) in [6.07, 6.45) is 0. The molecule has 0 saturated carbocycles. The van der Waals surface area contributed by atoms with Crippen LogP contribution in [0.4, 0.5) is 0 Å². The van der Waals surface area contributed by atoms with E-state index in [2.05, 4.69) is 25.1 Å². The molecule has 2 heteroatoms. The van der Waals surface area contributed by atoms with Gasteiger partial charge in [0.15, 0.2) is 0 Å². The summed E-state index contributed by atoms with van der Waals surface area (Å²) < 4.78 is 0. The van der Waals surface area contributed by atoms with Gasteiger partial charge in [-0.05, 0) is 31.5 Å². The van der Waals surface area contributed by atoms with E-state index in [0.29, 0.717) is 5.75 Å². The van der Waals surface area contributed by atoms with Gasteiger partial charge >= 0.3 is 0 Å². The average molecular weight is 244 g/mol. The topological polar surface area (TPSA) is 20.2 Å². The Balaban J connectivity index is 2.14. The van der Waals surface area contributed by atoms with E-state index in [1.807, 2.05) is 31.2 Å². The largest absolute Gasteiger partial charge is 0.507 e. The van der Waals surface area contributed by atoms with Crippen molar-refractivity contribution in [3.05, 3.63) is 59.2 Å². The van der Waals surface area contributed by atoms with Gasteiger partial charge in [-0.2, -0.15) is 0 Å². The Kier molecular flexibility index (Phi) is 3.75. The lowest BCUT2D eigenvalue weighted by Gasteiger charge is -2.08. The number of phenolic OH excluding ortho intramolecular Hbond substituents is 1. The molecule has 0 amide bonds. The standard InChI is InChI=1S/C15H16OS/c1-11-8-12(2)15(16)13(9-11)10-17-14-6-4-3-5-7-14/h3-9,16H,10H2,1-2H3. The summed E-state index contributed by atoms with van der Waals surface area (Å²) in [7, 11) is 0. The fraction of sp³-hybridized carbons (Fsp3) is 0.200. The lowest BCUT2D eigenvalue weighted by molar-refractivity contribution is 0.466. The zero-order chi connectivity index (χ0) is 12.3. The molecule has 2 rings (SSSR count). The minimum atomic E-state index is 0.430. The molecule has 0 saturated heterocycles. The molecule has 0 aliphatic heterocycles. The quantitative estimate of drug-likeness (QED) is 0.812. The zero-order valence-electron chi connectivity index (χ0n) is 10.1. The number of aryl methyl sites for hydroxylation is 2. The predicted molar refractivity (Wildman–Crippen MR) is 73.6 cm³/mol. The number of phenols is 1. The zero-order valence-corrected chi connectivity index (χ0v) is 10.9. The monoisotopic (exact) mass is 244 g/mol. The predicted octanol–water partition coefficient (Wildman–Crippen LogP) is 4.30. The first kappa shape index (κ1) is 12.1. The maximum absolute atomic E-state index is 9.99. The molecule has 0 atom stereocenters. The number of hydrogen-bond acceptors (Lipinski definition) is 2. The van der Waals surface area contributed by atoms with Gasteiger partial charge in [0.2, 0.25) is 0 Å². The molecule has 17 heavy (non-hydrogen) atoms. The summed E-state index contributed by atoms with van der Waals surface area (Å²) in [5.41, 5.74) is 3.16. The minimum absolute atomic E-state index is 0.430. The van der Waals surface area contributed by atoms with Gasteiger partial charge in [0.05, 0.1) is 0 Å². The first-order chi connectivity index (χ1) is 8.16. The van der Waals surface area contributed by atoms with Gasteiger partial charge in [-0.15, -0.1) is 11.8 Å². The van der Waals surface area contributed by atoms with Gasteiger partial charge in [0.1, 0.15) is 5.75 Å². The highest BCUT2D eigenvalue weighted by atomic mass is 32.2. The highest BCUT2D eigenvalue weighted by Gasteiger charge is 2.06. The Morgan fingerprint density at radius 2 is 1.76 bits per heavy atom. The van der Waals surface area contributed by atoms with E-state index in [4.69, 9.17) is 0 Å². The molecule has 0 radical (unpaired) electrons. The van der Waals surface area contributed by atoms with Gasteiger partial charge in [-0.3, -0.25) is 0 Å². The number of hydrogen-bond donors (Lipinski definition) is 1. The van der Waals surface area contributed by atoms with Crippen molar-refractivity contribution in [3.8, 4) is 5.75 Å². The second kappa shape index (κ2) is 5.28. The summed E-state index contributed by atoms with van der Waals surface area (Å²) >= 11 is 1.75. The number of aromatic hydroxyl groups is 1. The van der Waals surface area contributed by atoms with Crippen LogP contribution in [0.1, 0.15) is 16.7 Å². The normalized spacial score (nSPS) is 10.5. The first-order valence-electron chi connectivity index (χ1n) is 5.64. The van der Waals surface area contributed by atoms with Crippen LogP contribution in [0.25, 0.3) is 0 Å². The van der Waals surface area contributed by atoms with Crippen molar-refractivity contribution < 1.29 is 5.11 Å². The van der Waals surface area contributed by atoms with E-state index >= 15 is 0 Å². The van der Waals surface area contributed by atoms with Crippen LogP contribution < -0.4 is 0 Å². The third-order valence-electron chi connectivity index (χ3n) is 2.66. The second-order valence-corrected chi connectivity index (χ2v) is 5.24. The smallest absolute Gasteiger partial charge is 0.122 e. The Morgan fingerprint density at radius 1 is 1.06 bits per heavy atom. The molecule has 0 spiro atoms. The van der Waals surface area contributed by atoms with Gasteiger partial charge in [0, 0.05) is 16.2 Å². The van der Waals surface area contributed by atoms with Crippen LogP contribution in [-0.2, 0) is 5.75 Å². The summed E-state index contributed by atoms with van der Waals surface area (Å²) in [6.45, 7) is 4.00. The molecule has 1 N–H and O–H groups in total. The van der Waals surface area contributed by atoms with Crippen molar-refractivity contribution in [1.82, 2.24) is 0 Å². The summed E-state index contributed by atoms with van der Waals surface area (Å²) in [6, 6.07) is 14.3. The molecule has 0 aliphatic rings. The molecule has 0 aliphatic carbocycles. The third kappa shape index (κ3) is 3.04. The Bertz CT molecular complexity index is 506. The highest BCUT2D eigenvalue weighted by molar-refractivity contribution is 7.98. The van der Waals surface area contributed by atoms with E-state index < -0.39 is 0 Å². The molecule has 0 fully saturated rings. The molecule has 0 heterocycles. The molecule has 0 bridgehead atoms. The van der Waals surface area contributed by atoms with E-state index in [-0.39, 0.29) is 0 Å². The maximum atomic E-state index is 9.99. The summed E-state index contributed by atoms with van der Waals surface area (Å²) in [4.78, 5) is 1.23. The Morgan fingerprint density at radius 3 is 2.47 bits per heavy atom. The van der Waals surface area contributed by atoms with Gasteiger partial charge in [-0.25, -0.2) is 0 Å². The van der Waals surface area contributed by atoms with E-state index in [9.17, 15) is 5.11 Å². The lowest BCUT2D eigenvalue weighted by atomic mass is 10.1. The van der Waals surface area contributed by atoms with Crippen LogP contribution in [0.3, 0.4) is 0 Å². The average Bonchev–Trinajstić information content (AvgIpc) is 2.33. The van der Waals surface area contributed by atoms with E-state index in [1.54, 1.807) is 11.8 Å². The third-order valence-corrected chi connectivity index (χ3v) is 3.72. The van der Waals surface area contributed by atoms with Crippen LogP contribution in [0, 0.1) is 13.8 Å². The number of rotatable bonds is 3. The van der Waals surface area contributed by atoms with Crippen molar-refractivity contribution in [1.29, 1.82) is 0 Å². The Labute approximate surface area is 107 Å².